The van der Waals surface area contributed by atoms with Crippen molar-refractivity contribution in [2.75, 3.05) is 37.4 Å². The highest BCUT2D eigenvalue weighted by atomic mass is 19.4. The van der Waals surface area contributed by atoms with Crippen LogP contribution < -0.4 is 15.0 Å². The van der Waals surface area contributed by atoms with Crippen molar-refractivity contribution in [3.63, 3.8) is 0 Å². The van der Waals surface area contributed by atoms with Crippen LogP contribution in [0.15, 0.2) is 36.5 Å². The molecule has 6 nitrogen and oxygen atoms in total. The number of hydrogen-bond donors (Lipinski definition) is 1. The Hall–Kier alpha value is -2.55. The zero-order valence-corrected chi connectivity index (χ0v) is 15.2. The van der Waals surface area contributed by atoms with Gasteiger partial charge in [-0.1, -0.05) is 12.1 Å². The zero-order valence-electron chi connectivity index (χ0n) is 15.2. The molecule has 0 radical (unpaired) electrons. The van der Waals surface area contributed by atoms with Crippen LogP contribution in [0.25, 0.3) is 0 Å². The fourth-order valence-corrected chi connectivity index (χ4v) is 3.05. The lowest BCUT2D eigenvalue weighted by molar-refractivity contribution is -0.274. The lowest BCUT2D eigenvalue weighted by Gasteiger charge is -2.18. The maximum absolute atomic E-state index is 12.4. The molecule has 1 atom stereocenters. The molecule has 0 amide bonds. The number of nitrogens with zero attached hydrogens (tertiary/aromatic N) is 4. The molecule has 0 spiro atoms. The first kappa shape index (κ1) is 19.2. The van der Waals surface area contributed by atoms with Gasteiger partial charge < -0.3 is 15.0 Å². The van der Waals surface area contributed by atoms with Gasteiger partial charge in [0.1, 0.15) is 11.6 Å². The van der Waals surface area contributed by atoms with E-state index in [4.69, 9.17) is 0 Å². The van der Waals surface area contributed by atoms with E-state index < -0.39 is 6.36 Å². The second-order valence-electron chi connectivity index (χ2n) is 6.70. The molecule has 2 aromatic rings. The monoisotopic (exact) mass is 381 g/mol. The van der Waals surface area contributed by atoms with Gasteiger partial charge in [0.15, 0.2) is 0 Å². The van der Waals surface area contributed by atoms with Crippen molar-refractivity contribution < 1.29 is 17.9 Å². The average Bonchev–Trinajstić information content (AvgIpc) is 3.00. The number of rotatable bonds is 6. The summed E-state index contributed by atoms with van der Waals surface area (Å²) in [5.41, 5.74) is 0.786. The molecule has 1 aliphatic heterocycles. The number of nitrogens with one attached hydrogen (secondary N) is 1. The summed E-state index contributed by atoms with van der Waals surface area (Å²) in [7, 11) is 3.76. The number of halogens is 3. The van der Waals surface area contributed by atoms with Crippen molar-refractivity contribution >= 4 is 11.8 Å². The third kappa shape index (κ3) is 5.72. The fourth-order valence-electron chi connectivity index (χ4n) is 3.05. The highest BCUT2D eigenvalue weighted by molar-refractivity contribution is 5.41. The van der Waals surface area contributed by atoms with Crippen LogP contribution in [-0.4, -0.2) is 54.5 Å². The second kappa shape index (κ2) is 7.99. The van der Waals surface area contributed by atoms with E-state index in [0.29, 0.717) is 12.5 Å². The Kier molecular flexibility index (Phi) is 5.69. The fraction of sp³-hybridized carbons (Fsp3) is 0.444. The van der Waals surface area contributed by atoms with Crippen molar-refractivity contribution in [1.29, 1.82) is 0 Å². The number of ether oxygens (including phenoxy) is 1. The first-order chi connectivity index (χ1) is 12.8. The van der Waals surface area contributed by atoms with Crippen LogP contribution in [0.4, 0.5) is 24.9 Å². The standard InChI is InChI=1S/C18H22F3N5O/c1-25(2)17-22-8-6-16(24-17)23-14-7-9-26(12-14)11-13-4-3-5-15(10-13)27-18(19,20)21/h3-6,8,10,14H,7,9,11-12H2,1-2H3,(H,22,23,24). The van der Waals surface area contributed by atoms with Crippen molar-refractivity contribution in [3.05, 3.63) is 42.1 Å². The second-order valence-corrected chi connectivity index (χ2v) is 6.70. The maximum atomic E-state index is 12.4. The zero-order chi connectivity index (χ0) is 19.4. The van der Waals surface area contributed by atoms with E-state index in [1.165, 1.54) is 12.1 Å². The topological polar surface area (TPSA) is 53.5 Å². The van der Waals surface area contributed by atoms with E-state index in [-0.39, 0.29) is 11.8 Å². The van der Waals surface area contributed by atoms with Crippen LogP contribution in [-0.2, 0) is 6.54 Å². The minimum Gasteiger partial charge on any atom is -0.406 e. The number of benzene rings is 1. The van der Waals surface area contributed by atoms with Crippen LogP contribution >= 0.6 is 0 Å². The SMILES string of the molecule is CN(C)c1nccc(NC2CCN(Cc3cccc(OC(F)(F)F)c3)C2)n1. The molecule has 1 saturated heterocycles. The molecule has 27 heavy (non-hydrogen) atoms. The Morgan fingerprint density at radius 2 is 2.11 bits per heavy atom. The maximum Gasteiger partial charge on any atom is 0.573 e. The summed E-state index contributed by atoms with van der Waals surface area (Å²) in [6.07, 6.45) is -2.03. The van der Waals surface area contributed by atoms with Gasteiger partial charge in [-0.2, -0.15) is 4.98 Å². The van der Waals surface area contributed by atoms with E-state index in [1.54, 1.807) is 18.3 Å². The number of hydrogen-bond acceptors (Lipinski definition) is 6. The van der Waals surface area contributed by atoms with Crippen LogP contribution in [0.3, 0.4) is 0 Å². The summed E-state index contributed by atoms with van der Waals surface area (Å²) in [6.45, 7) is 2.21. The quantitative estimate of drug-likeness (QED) is 0.830. The van der Waals surface area contributed by atoms with Crippen LogP contribution in [0.5, 0.6) is 5.75 Å². The molecule has 1 fully saturated rings. The summed E-state index contributed by atoms with van der Waals surface area (Å²) >= 11 is 0. The van der Waals surface area contributed by atoms with Gasteiger partial charge in [-0.3, -0.25) is 4.90 Å². The first-order valence-corrected chi connectivity index (χ1v) is 8.62. The predicted molar refractivity (Wildman–Crippen MR) is 96.8 cm³/mol. The van der Waals surface area contributed by atoms with Gasteiger partial charge in [0, 0.05) is 46.0 Å². The smallest absolute Gasteiger partial charge is 0.406 e. The Balaban J connectivity index is 1.56. The van der Waals surface area contributed by atoms with Crippen molar-refractivity contribution in [3.8, 4) is 5.75 Å². The van der Waals surface area contributed by atoms with Gasteiger partial charge in [-0.15, -0.1) is 13.2 Å². The normalized spacial score (nSPS) is 17.7. The van der Waals surface area contributed by atoms with E-state index in [2.05, 4.69) is 24.9 Å². The number of alkyl halides is 3. The first-order valence-electron chi connectivity index (χ1n) is 8.62. The molecule has 3 rings (SSSR count). The van der Waals surface area contributed by atoms with E-state index in [0.717, 1.165) is 30.9 Å². The molecule has 0 saturated carbocycles. The van der Waals surface area contributed by atoms with Crippen LogP contribution in [0.1, 0.15) is 12.0 Å². The van der Waals surface area contributed by atoms with Crippen LogP contribution in [0, 0.1) is 0 Å². The molecule has 0 bridgehead atoms. The lowest BCUT2D eigenvalue weighted by atomic mass is 10.2. The van der Waals surface area contributed by atoms with Gasteiger partial charge in [-0.25, -0.2) is 4.98 Å². The van der Waals surface area contributed by atoms with Crippen molar-refractivity contribution in [1.82, 2.24) is 14.9 Å². The molecule has 1 aromatic carbocycles. The Bertz CT molecular complexity index is 769. The van der Waals surface area contributed by atoms with Crippen molar-refractivity contribution in [2.24, 2.45) is 0 Å². The number of anilines is 2. The molecule has 0 aliphatic carbocycles. The minimum absolute atomic E-state index is 0.189. The Morgan fingerprint density at radius 1 is 1.30 bits per heavy atom. The summed E-state index contributed by atoms with van der Waals surface area (Å²) < 4.78 is 41.1. The molecule has 1 aliphatic rings. The molecule has 2 heterocycles. The predicted octanol–water partition coefficient (Wildman–Crippen LogP) is 3.13. The molecule has 146 valence electrons. The molecular weight excluding hydrogens is 359 g/mol. The lowest BCUT2D eigenvalue weighted by Crippen LogP contribution is -2.26. The van der Waals surface area contributed by atoms with E-state index in [1.807, 2.05) is 25.1 Å². The van der Waals surface area contributed by atoms with E-state index in [9.17, 15) is 13.2 Å². The third-order valence-corrected chi connectivity index (χ3v) is 4.21. The van der Waals surface area contributed by atoms with Gasteiger partial charge in [0.2, 0.25) is 5.95 Å². The Morgan fingerprint density at radius 3 is 2.85 bits per heavy atom. The average molecular weight is 381 g/mol. The van der Waals surface area contributed by atoms with Gasteiger partial charge in [-0.05, 0) is 30.2 Å². The largest absolute Gasteiger partial charge is 0.573 e. The molecule has 1 aromatic heterocycles. The molecule has 1 N–H and O–H groups in total. The van der Waals surface area contributed by atoms with Crippen molar-refractivity contribution in [2.45, 2.75) is 25.4 Å². The number of likely N-dealkylation sites (tertiary alicyclic amines) is 1. The highest BCUT2D eigenvalue weighted by Gasteiger charge is 2.31. The number of aromatic nitrogens is 2. The third-order valence-electron chi connectivity index (χ3n) is 4.21. The summed E-state index contributed by atoms with van der Waals surface area (Å²) in [5, 5.41) is 3.40. The molecule has 1 unspecified atom stereocenters. The van der Waals surface area contributed by atoms with Gasteiger partial charge in [0.25, 0.3) is 0 Å². The molecule has 9 heteroatoms. The van der Waals surface area contributed by atoms with E-state index >= 15 is 0 Å². The molecular formula is C18H22F3N5O. The Labute approximate surface area is 156 Å². The van der Waals surface area contributed by atoms with Crippen LogP contribution in [0.2, 0.25) is 0 Å². The van der Waals surface area contributed by atoms with Gasteiger partial charge >= 0.3 is 6.36 Å². The summed E-state index contributed by atoms with van der Waals surface area (Å²) in [5.74, 6) is 1.21. The minimum atomic E-state index is -4.68. The van der Waals surface area contributed by atoms with Gasteiger partial charge in [0.05, 0.1) is 0 Å². The summed E-state index contributed by atoms with van der Waals surface area (Å²) in [6, 6.07) is 8.17. The highest BCUT2D eigenvalue weighted by Crippen LogP contribution is 2.24. The summed E-state index contributed by atoms with van der Waals surface area (Å²) in [4.78, 5) is 12.7.